The predicted molar refractivity (Wildman–Crippen MR) is 78.1 cm³/mol. The van der Waals surface area contributed by atoms with Gasteiger partial charge in [0.2, 0.25) is 0 Å². The topological polar surface area (TPSA) is 52.6 Å². The molecule has 2 amide bonds. The smallest absolute Gasteiger partial charge is 0.317 e. The van der Waals surface area contributed by atoms with Crippen molar-refractivity contribution in [3.05, 3.63) is 0 Å². The molecule has 19 heavy (non-hydrogen) atoms. The van der Waals surface area contributed by atoms with Gasteiger partial charge in [-0.25, -0.2) is 4.79 Å². The zero-order chi connectivity index (χ0) is 14.3. The molecule has 0 unspecified atom stereocenters. The van der Waals surface area contributed by atoms with Crippen molar-refractivity contribution in [2.75, 3.05) is 13.1 Å². The van der Waals surface area contributed by atoms with Crippen LogP contribution in [0.5, 0.6) is 0 Å². The van der Waals surface area contributed by atoms with Gasteiger partial charge in [-0.3, -0.25) is 0 Å². The van der Waals surface area contributed by atoms with Crippen LogP contribution < -0.4 is 5.32 Å². The van der Waals surface area contributed by atoms with E-state index in [-0.39, 0.29) is 18.2 Å². The first-order valence-electron chi connectivity index (χ1n) is 7.78. The zero-order valence-electron chi connectivity index (χ0n) is 12.7. The van der Waals surface area contributed by atoms with Crippen LogP contribution in [0.25, 0.3) is 0 Å². The Morgan fingerprint density at radius 2 is 2.05 bits per heavy atom. The third kappa shape index (κ3) is 5.39. The maximum atomic E-state index is 11.9. The quantitative estimate of drug-likeness (QED) is 0.729. The van der Waals surface area contributed by atoms with E-state index in [2.05, 4.69) is 5.32 Å². The molecule has 0 aromatic rings. The molecule has 4 heteroatoms. The molecule has 1 aliphatic rings. The van der Waals surface area contributed by atoms with Crippen LogP contribution in [0, 0.1) is 5.92 Å². The average Bonchev–Trinajstić information content (AvgIpc) is 2.37. The van der Waals surface area contributed by atoms with E-state index < -0.39 is 0 Å². The fraction of sp³-hybridized carbons (Fsp3) is 0.933. The SMILES string of the molecule is CCN(C(=O)NCCC[C@H]1CCCC[C@@H]1O)C(C)C. The standard InChI is InChI=1S/C15H30N2O2/c1-4-17(12(2)3)15(19)16-11-7-9-13-8-5-6-10-14(13)18/h12-14,18H,4-11H2,1-3H3,(H,16,19)/t13-,14+/m1/s1. The third-order valence-corrected chi connectivity index (χ3v) is 4.12. The van der Waals surface area contributed by atoms with Crippen LogP contribution in [0.2, 0.25) is 0 Å². The first kappa shape index (κ1) is 16.3. The predicted octanol–water partition coefficient (Wildman–Crippen LogP) is 2.76. The summed E-state index contributed by atoms with van der Waals surface area (Å²) in [6.45, 7) is 7.51. The lowest BCUT2D eigenvalue weighted by atomic mass is 9.83. The molecule has 0 heterocycles. The van der Waals surface area contributed by atoms with Gasteiger partial charge < -0.3 is 15.3 Å². The molecule has 0 aliphatic heterocycles. The van der Waals surface area contributed by atoms with Crippen molar-refractivity contribution >= 4 is 6.03 Å². The highest BCUT2D eigenvalue weighted by molar-refractivity contribution is 5.74. The van der Waals surface area contributed by atoms with Gasteiger partial charge in [-0.15, -0.1) is 0 Å². The minimum absolute atomic E-state index is 0.0293. The highest BCUT2D eigenvalue weighted by Crippen LogP contribution is 2.27. The number of carbonyl (C=O) groups is 1. The molecular weight excluding hydrogens is 240 g/mol. The van der Waals surface area contributed by atoms with Gasteiger partial charge in [0, 0.05) is 19.1 Å². The summed E-state index contributed by atoms with van der Waals surface area (Å²) in [5, 5.41) is 12.9. The Balaban J connectivity index is 2.17. The van der Waals surface area contributed by atoms with E-state index in [9.17, 15) is 9.90 Å². The number of aliphatic hydroxyl groups is 1. The summed E-state index contributed by atoms with van der Waals surface area (Å²) < 4.78 is 0. The number of urea groups is 1. The Labute approximate surface area is 117 Å². The van der Waals surface area contributed by atoms with E-state index in [4.69, 9.17) is 0 Å². The van der Waals surface area contributed by atoms with Gasteiger partial charge in [-0.05, 0) is 52.4 Å². The lowest BCUT2D eigenvalue weighted by Gasteiger charge is -2.28. The number of rotatable bonds is 6. The minimum atomic E-state index is -0.118. The van der Waals surface area contributed by atoms with Gasteiger partial charge in [-0.2, -0.15) is 0 Å². The van der Waals surface area contributed by atoms with E-state index in [0.717, 1.165) is 38.6 Å². The lowest BCUT2D eigenvalue weighted by Crippen LogP contribution is -2.44. The molecule has 0 bridgehead atoms. The Morgan fingerprint density at radius 3 is 2.63 bits per heavy atom. The Hall–Kier alpha value is -0.770. The van der Waals surface area contributed by atoms with Crippen LogP contribution in [0.1, 0.15) is 59.3 Å². The lowest BCUT2D eigenvalue weighted by molar-refractivity contribution is 0.0643. The number of hydrogen-bond acceptors (Lipinski definition) is 2. The van der Waals surface area contributed by atoms with Crippen LogP contribution in [0.3, 0.4) is 0 Å². The molecule has 0 saturated heterocycles. The summed E-state index contributed by atoms with van der Waals surface area (Å²) in [4.78, 5) is 13.7. The van der Waals surface area contributed by atoms with Crippen LogP contribution in [0.15, 0.2) is 0 Å². The van der Waals surface area contributed by atoms with Crippen LogP contribution in [-0.4, -0.2) is 41.3 Å². The van der Waals surface area contributed by atoms with E-state index in [0.29, 0.717) is 12.5 Å². The summed E-state index contributed by atoms with van der Waals surface area (Å²) >= 11 is 0. The number of hydrogen-bond donors (Lipinski definition) is 2. The van der Waals surface area contributed by atoms with Gasteiger partial charge in [0.15, 0.2) is 0 Å². The fourth-order valence-electron chi connectivity index (χ4n) is 2.93. The molecule has 1 aliphatic carbocycles. The molecule has 0 radical (unpaired) electrons. The molecule has 1 saturated carbocycles. The van der Waals surface area contributed by atoms with Crippen molar-refractivity contribution in [3.63, 3.8) is 0 Å². The summed E-state index contributed by atoms with van der Waals surface area (Å²) in [7, 11) is 0. The molecule has 0 spiro atoms. The number of nitrogens with one attached hydrogen (secondary N) is 1. The summed E-state index contributed by atoms with van der Waals surface area (Å²) in [5.74, 6) is 0.443. The average molecular weight is 270 g/mol. The third-order valence-electron chi connectivity index (χ3n) is 4.12. The second-order valence-electron chi connectivity index (χ2n) is 5.87. The molecule has 2 atom stereocenters. The molecule has 112 valence electrons. The second-order valence-corrected chi connectivity index (χ2v) is 5.87. The van der Waals surface area contributed by atoms with E-state index in [1.165, 1.54) is 6.42 Å². The van der Waals surface area contributed by atoms with Crippen molar-refractivity contribution in [3.8, 4) is 0 Å². The minimum Gasteiger partial charge on any atom is -0.393 e. The van der Waals surface area contributed by atoms with Crippen molar-refractivity contribution in [2.24, 2.45) is 5.92 Å². The molecule has 1 fully saturated rings. The molecule has 0 aromatic carbocycles. The molecule has 2 N–H and O–H groups in total. The van der Waals surface area contributed by atoms with Crippen molar-refractivity contribution < 1.29 is 9.90 Å². The van der Waals surface area contributed by atoms with Gasteiger partial charge in [0.1, 0.15) is 0 Å². The Bertz CT molecular complexity index is 269. The molecule has 0 aromatic heterocycles. The maximum Gasteiger partial charge on any atom is 0.317 e. The van der Waals surface area contributed by atoms with E-state index in [1.807, 2.05) is 25.7 Å². The number of aliphatic hydroxyl groups excluding tert-OH is 1. The van der Waals surface area contributed by atoms with Gasteiger partial charge in [0.25, 0.3) is 0 Å². The van der Waals surface area contributed by atoms with Crippen molar-refractivity contribution in [1.82, 2.24) is 10.2 Å². The zero-order valence-corrected chi connectivity index (χ0v) is 12.7. The van der Waals surface area contributed by atoms with E-state index in [1.54, 1.807) is 0 Å². The number of amides is 2. The van der Waals surface area contributed by atoms with Gasteiger partial charge in [-0.1, -0.05) is 12.8 Å². The monoisotopic (exact) mass is 270 g/mol. The fourth-order valence-corrected chi connectivity index (χ4v) is 2.93. The number of nitrogens with zero attached hydrogens (tertiary/aromatic N) is 1. The van der Waals surface area contributed by atoms with E-state index >= 15 is 0 Å². The molecule has 4 nitrogen and oxygen atoms in total. The first-order chi connectivity index (χ1) is 9.06. The summed E-state index contributed by atoms with van der Waals surface area (Å²) in [6, 6.07) is 0.270. The normalized spacial score (nSPS) is 23.4. The summed E-state index contributed by atoms with van der Waals surface area (Å²) in [5.41, 5.74) is 0. The Kier molecular flexibility index (Phi) is 7.21. The summed E-state index contributed by atoms with van der Waals surface area (Å²) in [6.07, 6.45) is 6.36. The van der Waals surface area contributed by atoms with Gasteiger partial charge in [0.05, 0.1) is 6.10 Å². The maximum absolute atomic E-state index is 11.9. The second kappa shape index (κ2) is 8.41. The molecule has 1 rings (SSSR count). The molecular formula is C15H30N2O2. The van der Waals surface area contributed by atoms with Gasteiger partial charge >= 0.3 is 6.03 Å². The van der Waals surface area contributed by atoms with Crippen LogP contribution in [-0.2, 0) is 0 Å². The van der Waals surface area contributed by atoms with Crippen molar-refractivity contribution in [1.29, 1.82) is 0 Å². The highest BCUT2D eigenvalue weighted by Gasteiger charge is 2.22. The highest BCUT2D eigenvalue weighted by atomic mass is 16.3. The van der Waals surface area contributed by atoms with Crippen LogP contribution >= 0.6 is 0 Å². The number of carbonyl (C=O) groups excluding carboxylic acids is 1. The van der Waals surface area contributed by atoms with Crippen molar-refractivity contribution in [2.45, 2.75) is 71.4 Å². The first-order valence-corrected chi connectivity index (χ1v) is 7.78. The largest absolute Gasteiger partial charge is 0.393 e. The van der Waals surface area contributed by atoms with Crippen LogP contribution in [0.4, 0.5) is 4.79 Å². The Morgan fingerprint density at radius 1 is 1.37 bits per heavy atom.